The van der Waals surface area contributed by atoms with E-state index in [-0.39, 0.29) is 12.1 Å². The third kappa shape index (κ3) is 9.04. The molecule has 0 aliphatic rings. The van der Waals surface area contributed by atoms with Gasteiger partial charge in [0.05, 0.1) is 12.5 Å². The van der Waals surface area contributed by atoms with Crippen LogP contribution < -0.4 is 0 Å². The number of hydrogen-bond acceptors (Lipinski definition) is 2. The Labute approximate surface area is 86.6 Å². The predicted octanol–water partition coefficient (Wildman–Crippen LogP) is 3.24. The summed E-state index contributed by atoms with van der Waals surface area (Å²) < 4.78 is 4.97. The zero-order valence-electron chi connectivity index (χ0n) is 9.32. The Morgan fingerprint density at radius 2 is 1.86 bits per heavy atom. The first-order chi connectivity index (χ1) is 6.66. The van der Waals surface area contributed by atoms with Crippen LogP contribution in [-0.2, 0) is 9.53 Å². The number of carbonyl (C=O) groups is 1. The van der Waals surface area contributed by atoms with Crippen LogP contribution in [0, 0.1) is 0 Å². The molecule has 0 aliphatic heterocycles. The summed E-state index contributed by atoms with van der Waals surface area (Å²) >= 11 is 0. The number of esters is 1. The van der Waals surface area contributed by atoms with Crippen LogP contribution in [0.1, 0.15) is 40.0 Å². The van der Waals surface area contributed by atoms with Gasteiger partial charge in [-0.3, -0.25) is 4.79 Å². The van der Waals surface area contributed by atoms with Crippen molar-refractivity contribution in [2.24, 2.45) is 0 Å². The molecule has 0 aromatic rings. The number of rotatable bonds is 6. The minimum atomic E-state index is -0.157. The van der Waals surface area contributed by atoms with Crippen LogP contribution in [0.4, 0.5) is 0 Å². The van der Waals surface area contributed by atoms with Gasteiger partial charge in [0.15, 0.2) is 0 Å². The summed E-state index contributed by atoms with van der Waals surface area (Å²) in [6.45, 7) is 5.80. The summed E-state index contributed by atoms with van der Waals surface area (Å²) in [7, 11) is 0. The number of ether oxygens (including phenoxy) is 1. The molecule has 0 heterocycles. The van der Waals surface area contributed by atoms with Crippen LogP contribution in [-0.4, -0.2) is 12.1 Å². The highest BCUT2D eigenvalue weighted by molar-refractivity contribution is 5.71. The monoisotopic (exact) mass is 196 g/mol. The fourth-order valence-corrected chi connectivity index (χ4v) is 0.928. The molecule has 80 valence electrons. The quantitative estimate of drug-likeness (QED) is 0.481. The van der Waals surface area contributed by atoms with Crippen molar-refractivity contribution >= 4 is 5.97 Å². The van der Waals surface area contributed by atoms with Gasteiger partial charge in [-0.25, -0.2) is 0 Å². The number of allylic oxidation sites excluding steroid dienone is 3. The molecule has 2 nitrogen and oxygen atoms in total. The van der Waals surface area contributed by atoms with Crippen LogP contribution in [0.2, 0.25) is 0 Å². The SMILES string of the molecule is CC/C=C\C/C=C\CC(=O)OC(C)C. The van der Waals surface area contributed by atoms with Crippen molar-refractivity contribution in [3.05, 3.63) is 24.3 Å². The molecular weight excluding hydrogens is 176 g/mol. The average Bonchev–Trinajstić information content (AvgIpc) is 2.10. The maximum atomic E-state index is 11.1. The Bertz CT molecular complexity index is 202. The minimum absolute atomic E-state index is 0.0177. The topological polar surface area (TPSA) is 26.3 Å². The molecule has 14 heavy (non-hydrogen) atoms. The lowest BCUT2D eigenvalue weighted by atomic mass is 10.3. The Balaban J connectivity index is 3.51. The molecular formula is C12H20O2. The van der Waals surface area contributed by atoms with Crippen molar-refractivity contribution in [3.63, 3.8) is 0 Å². The van der Waals surface area contributed by atoms with Crippen LogP contribution in [0.15, 0.2) is 24.3 Å². The standard InChI is InChI=1S/C12H20O2/c1-4-5-6-7-8-9-10-12(13)14-11(2)3/h5-6,8-9,11H,4,7,10H2,1-3H3/b6-5-,9-8-. The van der Waals surface area contributed by atoms with Crippen molar-refractivity contribution in [2.75, 3.05) is 0 Å². The van der Waals surface area contributed by atoms with Crippen LogP contribution in [0.3, 0.4) is 0 Å². The third-order valence-corrected chi connectivity index (χ3v) is 1.49. The van der Waals surface area contributed by atoms with Gasteiger partial charge in [0.1, 0.15) is 0 Å². The van der Waals surface area contributed by atoms with Crippen molar-refractivity contribution in [1.82, 2.24) is 0 Å². The number of carbonyl (C=O) groups excluding carboxylic acids is 1. The molecule has 2 heteroatoms. The first-order valence-electron chi connectivity index (χ1n) is 5.16. The summed E-state index contributed by atoms with van der Waals surface area (Å²) in [5.74, 6) is -0.157. The van der Waals surface area contributed by atoms with Gasteiger partial charge in [0.25, 0.3) is 0 Å². The van der Waals surface area contributed by atoms with E-state index in [9.17, 15) is 4.79 Å². The van der Waals surface area contributed by atoms with Gasteiger partial charge in [-0.2, -0.15) is 0 Å². The molecule has 0 aromatic carbocycles. The van der Waals surface area contributed by atoms with Gasteiger partial charge in [0, 0.05) is 0 Å². The Morgan fingerprint density at radius 1 is 1.21 bits per heavy atom. The zero-order valence-corrected chi connectivity index (χ0v) is 9.32. The van der Waals surface area contributed by atoms with Gasteiger partial charge in [-0.15, -0.1) is 0 Å². The first-order valence-corrected chi connectivity index (χ1v) is 5.16. The smallest absolute Gasteiger partial charge is 0.309 e. The molecule has 0 spiro atoms. The molecule has 0 aromatic heterocycles. The van der Waals surface area contributed by atoms with Gasteiger partial charge >= 0.3 is 5.97 Å². The second-order valence-electron chi connectivity index (χ2n) is 3.33. The van der Waals surface area contributed by atoms with Crippen molar-refractivity contribution in [3.8, 4) is 0 Å². The van der Waals surface area contributed by atoms with Crippen LogP contribution in [0.5, 0.6) is 0 Å². The van der Waals surface area contributed by atoms with Gasteiger partial charge in [0.2, 0.25) is 0 Å². The minimum Gasteiger partial charge on any atom is -0.463 e. The summed E-state index contributed by atoms with van der Waals surface area (Å²) in [6, 6.07) is 0. The fourth-order valence-electron chi connectivity index (χ4n) is 0.928. The molecule has 0 fully saturated rings. The maximum absolute atomic E-state index is 11.1. The molecule has 0 saturated heterocycles. The molecule has 0 radical (unpaired) electrons. The highest BCUT2D eigenvalue weighted by Gasteiger charge is 2.00. The highest BCUT2D eigenvalue weighted by Crippen LogP contribution is 1.96. The van der Waals surface area contributed by atoms with Crippen LogP contribution >= 0.6 is 0 Å². The molecule has 0 rings (SSSR count). The largest absolute Gasteiger partial charge is 0.463 e. The molecule has 0 saturated carbocycles. The Hall–Kier alpha value is -1.05. The summed E-state index contributed by atoms with van der Waals surface area (Å²) in [6.07, 6.45) is 10.3. The molecule has 0 bridgehead atoms. The van der Waals surface area contributed by atoms with Crippen molar-refractivity contribution < 1.29 is 9.53 Å². The predicted molar refractivity (Wildman–Crippen MR) is 59.0 cm³/mol. The Kier molecular flexibility index (Phi) is 7.90. The average molecular weight is 196 g/mol. The second-order valence-corrected chi connectivity index (χ2v) is 3.33. The van der Waals surface area contributed by atoms with E-state index in [1.807, 2.05) is 26.0 Å². The van der Waals surface area contributed by atoms with E-state index in [1.54, 1.807) is 0 Å². The summed E-state index contributed by atoms with van der Waals surface area (Å²) in [5, 5.41) is 0. The van der Waals surface area contributed by atoms with Gasteiger partial charge < -0.3 is 4.74 Å². The normalized spacial score (nSPS) is 11.7. The van der Waals surface area contributed by atoms with Gasteiger partial charge in [-0.1, -0.05) is 31.2 Å². The van der Waals surface area contributed by atoms with E-state index in [2.05, 4.69) is 19.1 Å². The van der Waals surface area contributed by atoms with E-state index < -0.39 is 0 Å². The van der Waals surface area contributed by atoms with Gasteiger partial charge in [-0.05, 0) is 26.7 Å². The van der Waals surface area contributed by atoms with E-state index in [4.69, 9.17) is 4.74 Å². The lowest BCUT2D eigenvalue weighted by molar-refractivity contribution is -0.146. The highest BCUT2D eigenvalue weighted by atomic mass is 16.5. The van der Waals surface area contributed by atoms with Crippen LogP contribution in [0.25, 0.3) is 0 Å². The molecule has 0 aliphatic carbocycles. The first kappa shape index (κ1) is 12.9. The lowest BCUT2D eigenvalue weighted by Gasteiger charge is -2.05. The summed E-state index contributed by atoms with van der Waals surface area (Å²) in [4.78, 5) is 11.1. The van der Waals surface area contributed by atoms with Crippen molar-refractivity contribution in [2.45, 2.75) is 46.1 Å². The molecule has 0 N–H and O–H groups in total. The number of hydrogen-bond donors (Lipinski definition) is 0. The maximum Gasteiger partial charge on any atom is 0.309 e. The van der Waals surface area contributed by atoms with E-state index >= 15 is 0 Å². The van der Waals surface area contributed by atoms with E-state index in [1.165, 1.54) is 0 Å². The summed E-state index contributed by atoms with van der Waals surface area (Å²) in [5.41, 5.74) is 0. The molecule has 0 amide bonds. The van der Waals surface area contributed by atoms with Crippen molar-refractivity contribution in [1.29, 1.82) is 0 Å². The lowest BCUT2D eigenvalue weighted by Crippen LogP contribution is -2.09. The van der Waals surface area contributed by atoms with E-state index in [0.717, 1.165) is 12.8 Å². The zero-order chi connectivity index (χ0) is 10.8. The fraction of sp³-hybridized carbons (Fsp3) is 0.583. The third-order valence-electron chi connectivity index (χ3n) is 1.49. The molecule has 0 atom stereocenters. The molecule has 0 unspecified atom stereocenters. The Morgan fingerprint density at radius 3 is 2.43 bits per heavy atom. The van der Waals surface area contributed by atoms with E-state index in [0.29, 0.717) is 6.42 Å². The second kappa shape index (κ2) is 8.54.